The fraction of sp³-hybridized carbons (Fsp3) is 0.818. The van der Waals surface area contributed by atoms with Crippen molar-refractivity contribution in [1.29, 1.82) is 0 Å². The summed E-state index contributed by atoms with van der Waals surface area (Å²) in [6, 6.07) is -5.56. The number of nitrogens with one attached hydrogen (secondary N) is 12. The molecular formula is C99H180N12O39. The molecule has 6 atom stereocenters. The Morgan fingerprint density at radius 1 is 0.160 bits per heavy atom. The van der Waals surface area contributed by atoms with E-state index in [4.69, 9.17) is 87.5 Å². The van der Waals surface area contributed by atoms with Crippen LogP contribution in [-0.2, 0) is 143 Å². The van der Waals surface area contributed by atoms with Gasteiger partial charge in [0.05, 0.1) is 159 Å². The monoisotopic (exact) mass is 2160 g/mol. The molecule has 0 radical (unpaired) electrons. The van der Waals surface area contributed by atoms with Crippen molar-refractivity contribution in [2.45, 2.75) is 306 Å². The van der Waals surface area contributed by atoms with Gasteiger partial charge in [0.1, 0.15) is 36.3 Å². The lowest BCUT2D eigenvalue weighted by Crippen LogP contribution is -2.42. The quantitative estimate of drug-likeness (QED) is 0.0389. The number of carboxylic acid groups (broad SMARTS) is 9. The number of carbonyl (C=O) groups excluding carboxylic acids is 9. The van der Waals surface area contributed by atoms with E-state index in [9.17, 15) is 102 Å². The first-order valence-electron chi connectivity index (χ1n) is 52.6. The summed E-state index contributed by atoms with van der Waals surface area (Å²) in [5, 5.41) is 113. The third-order valence-electron chi connectivity index (χ3n) is 22.2. The van der Waals surface area contributed by atoms with E-state index < -0.39 is 108 Å². The molecule has 0 aliphatic heterocycles. The number of hydrogen-bond acceptors (Lipinski definition) is 33. The molecule has 51 heteroatoms. The summed E-state index contributed by atoms with van der Waals surface area (Å²) in [7, 11) is 4.71. The Labute approximate surface area is 881 Å². The first kappa shape index (κ1) is 144. The van der Waals surface area contributed by atoms with E-state index in [1.54, 1.807) is 21.1 Å². The molecule has 0 aromatic rings. The zero-order valence-electron chi connectivity index (χ0n) is 88.6. The first-order chi connectivity index (χ1) is 72.2. The molecule has 0 aromatic carbocycles. The molecule has 150 heavy (non-hydrogen) atoms. The number of unbranched alkanes of at least 4 members (excludes halogenated alkanes) is 18. The van der Waals surface area contributed by atoms with Crippen molar-refractivity contribution in [3.63, 3.8) is 0 Å². The van der Waals surface area contributed by atoms with E-state index in [-0.39, 0.29) is 165 Å². The molecule has 21 N–H and O–H groups in total. The van der Waals surface area contributed by atoms with Gasteiger partial charge in [-0.1, -0.05) is 77.0 Å². The highest BCUT2D eigenvalue weighted by Crippen LogP contribution is 2.14. The van der Waals surface area contributed by atoms with Crippen LogP contribution in [0.15, 0.2) is 0 Å². The summed E-state index contributed by atoms with van der Waals surface area (Å²) in [5.74, 6) is -11.4. The Morgan fingerprint density at radius 3 is 0.513 bits per heavy atom. The smallest absolute Gasteiger partial charge is 0.326 e. The zero-order chi connectivity index (χ0) is 112. The van der Waals surface area contributed by atoms with Gasteiger partial charge in [0.25, 0.3) is 0 Å². The maximum atomic E-state index is 12.1. The lowest BCUT2D eigenvalue weighted by atomic mass is 10.1. The number of carboxylic acids is 9. The molecule has 0 fully saturated rings. The lowest BCUT2D eigenvalue weighted by molar-refractivity contribution is -0.142. The van der Waals surface area contributed by atoms with Crippen molar-refractivity contribution < 1.29 is 189 Å². The van der Waals surface area contributed by atoms with Crippen LogP contribution in [-0.4, -0.2) is 408 Å². The third-order valence-corrected chi connectivity index (χ3v) is 22.2. The van der Waals surface area contributed by atoms with Crippen molar-refractivity contribution in [2.24, 2.45) is 0 Å². The Hall–Kier alpha value is -10.1. The van der Waals surface area contributed by atoms with E-state index >= 15 is 0 Å². The van der Waals surface area contributed by atoms with Gasteiger partial charge in [-0.2, -0.15) is 0 Å². The minimum atomic E-state index is -1.24. The standard InChI is InChI=1S/C35H64N4O13.C33H60N4O13.C31H56N4O13/c1-36-28(34(45)46)12-10-11-18-37-31(41)16-15-29(35(47)48)39-32(42)17-20-49-22-24-51-26-27-52-25-23-50-21-19-38-30(40)13-8-6-4-2-3-5-7-9-14-33(43)44;1-34-26(32(43)44)10-8-9-16-35-29(39)14-13-27(33(45)46)37-30(40)15-18-47-20-22-49-24-25-50-23-21-48-19-17-36-28(38)11-6-4-2-3-5-7-12-31(41)42;1-32-24(30(41)42)8-6-7-14-33-27(37)12-11-25(31(43)44)35-28(38)13-16-45-18-20-47-22-23-48-21-19-46-17-15-34-26(36)9-4-2-3-5-10-29(39)40/h28-29,36H,2-27H2,1H3,(H,37,41)(H,38,40)(H,39,42)(H,43,44)(H,45,46)(H,47,48);26-27,34H,2-25H2,1H3,(H,35,39)(H,36,38)(H,37,40)(H,41,42)(H,43,44)(H,45,46);24-25,32H,2-23H2,1H3,(H,33,37)(H,34,36)(H,35,38)(H,39,40)(H,41,42)(H,43,44)/t28-,29-;26-,27-;24-,25-/m000/s1. The Balaban J connectivity index is -0.00000216. The molecule has 870 valence electrons. The Morgan fingerprint density at radius 2 is 0.327 bits per heavy atom. The van der Waals surface area contributed by atoms with Crippen molar-refractivity contribution >= 4 is 107 Å². The number of hydrogen-bond donors (Lipinski definition) is 21. The SMILES string of the molecule is CN[C@@H](CCCCNC(=O)CC[C@H](NC(=O)CCOCCOCCOCCOCCNC(=O)CCCCCCC(=O)O)C(=O)O)C(=O)O.CN[C@@H](CCCCNC(=O)CC[C@H](NC(=O)CCOCCOCCOCCOCCNC(=O)CCCCCCCCC(=O)O)C(=O)O)C(=O)O.CN[C@@H](CCCCNC(=O)CC[C@H](NC(=O)CCOCCOCCOCCOCCNC(=O)CCCCCCCCCCC(=O)O)C(=O)O)C(=O)O. The minimum Gasteiger partial charge on any atom is -0.481 e. The predicted molar refractivity (Wildman–Crippen MR) is 545 cm³/mol. The van der Waals surface area contributed by atoms with Crippen LogP contribution in [0, 0.1) is 0 Å². The van der Waals surface area contributed by atoms with Gasteiger partial charge in [-0.25, -0.2) is 14.4 Å². The average molecular weight is 2160 g/mol. The number of likely N-dealkylation sites (N-methyl/N-ethyl adjacent to an activating group) is 3. The number of amides is 9. The van der Waals surface area contributed by atoms with Gasteiger partial charge in [0.15, 0.2) is 0 Å². The van der Waals surface area contributed by atoms with Crippen molar-refractivity contribution in [3.05, 3.63) is 0 Å². The summed E-state index contributed by atoms with van der Waals surface area (Å²) in [5.41, 5.74) is 0. The molecule has 0 spiro atoms. The maximum absolute atomic E-state index is 12.1. The summed E-state index contributed by atoms with van der Waals surface area (Å²) < 4.78 is 64.8. The van der Waals surface area contributed by atoms with Gasteiger partial charge in [-0.3, -0.25) is 71.9 Å². The van der Waals surface area contributed by atoms with Gasteiger partial charge in [0, 0.05) is 116 Å². The second-order valence-corrected chi connectivity index (χ2v) is 34.8. The number of aliphatic carboxylic acids is 9. The van der Waals surface area contributed by atoms with Gasteiger partial charge in [0.2, 0.25) is 53.2 Å². The van der Waals surface area contributed by atoms with E-state index in [1.165, 1.54) is 0 Å². The maximum Gasteiger partial charge on any atom is 0.326 e. The van der Waals surface area contributed by atoms with Crippen LogP contribution >= 0.6 is 0 Å². The van der Waals surface area contributed by atoms with Gasteiger partial charge < -0.3 is 167 Å². The van der Waals surface area contributed by atoms with Crippen molar-refractivity contribution in [2.75, 3.05) is 219 Å². The fourth-order valence-corrected chi connectivity index (χ4v) is 13.6. The number of ether oxygens (including phenoxy) is 12. The summed E-state index contributed by atoms with van der Waals surface area (Å²) in [4.78, 5) is 207. The molecule has 9 amide bonds. The molecule has 51 nitrogen and oxygen atoms in total. The van der Waals surface area contributed by atoms with Crippen molar-refractivity contribution in [3.8, 4) is 0 Å². The van der Waals surface area contributed by atoms with E-state index in [1.807, 2.05) is 0 Å². The molecule has 0 rings (SSSR count). The van der Waals surface area contributed by atoms with Crippen molar-refractivity contribution in [1.82, 2.24) is 63.8 Å². The van der Waals surface area contributed by atoms with Crippen LogP contribution in [0.2, 0.25) is 0 Å². The summed E-state index contributed by atoms with van der Waals surface area (Å²) in [6.07, 6.45) is 22.5. The number of rotatable bonds is 108. The van der Waals surface area contributed by atoms with Crippen LogP contribution < -0.4 is 63.8 Å². The van der Waals surface area contributed by atoms with Gasteiger partial charge >= 0.3 is 53.7 Å². The van der Waals surface area contributed by atoms with Crippen LogP contribution in [0.1, 0.15) is 270 Å². The molecule has 0 heterocycles. The number of carbonyl (C=O) groups is 18. The molecule has 0 saturated heterocycles. The van der Waals surface area contributed by atoms with E-state index in [2.05, 4.69) is 63.8 Å². The molecule has 0 aliphatic carbocycles. The Kier molecular flexibility index (Phi) is 102. The highest BCUT2D eigenvalue weighted by atomic mass is 16.6. The van der Waals surface area contributed by atoms with Crippen LogP contribution in [0.5, 0.6) is 0 Å². The third kappa shape index (κ3) is 104. The molecule has 0 saturated carbocycles. The van der Waals surface area contributed by atoms with Gasteiger partial charge in [-0.15, -0.1) is 0 Å². The van der Waals surface area contributed by atoms with Crippen LogP contribution in [0.4, 0.5) is 0 Å². The summed E-state index contributed by atoms with van der Waals surface area (Å²) in [6.45, 7) is 9.66. The normalized spacial score (nSPS) is 12.2. The molecule has 0 unspecified atom stereocenters. The topological polar surface area (TPSA) is 744 Å². The molecule has 0 bridgehead atoms. The van der Waals surface area contributed by atoms with Gasteiger partial charge in [-0.05, 0) is 137 Å². The lowest BCUT2D eigenvalue weighted by Gasteiger charge is -2.15. The molecular weight excluding hydrogens is 1980 g/mol. The summed E-state index contributed by atoms with van der Waals surface area (Å²) >= 11 is 0. The van der Waals surface area contributed by atoms with Crippen LogP contribution in [0.25, 0.3) is 0 Å². The second-order valence-electron chi connectivity index (χ2n) is 34.8. The largest absolute Gasteiger partial charge is 0.481 e. The predicted octanol–water partition coefficient (Wildman–Crippen LogP) is 3.22. The molecule has 0 aliphatic rings. The van der Waals surface area contributed by atoms with E-state index in [0.717, 1.165) is 103 Å². The zero-order valence-corrected chi connectivity index (χ0v) is 88.6. The Bertz CT molecular complexity index is 3570. The molecule has 0 aromatic heterocycles. The fourth-order valence-electron chi connectivity index (χ4n) is 13.6. The second kappa shape index (κ2) is 106. The highest BCUT2D eigenvalue weighted by molar-refractivity contribution is 5.87. The first-order valence-corrected chi connectivity index (χ1v) is 52.6. The minimum absolute atomic E-state index is 0.00872. The highest BCUT2D eigenvalue weighted by Gasteiger charge is 2.26. The van der Waals surface area contributed by atoms with Crippen LogP contribution in [0.3, 0.4) is 0 Å². The average Bonchev–Trinajstić information content (AvgIpc) is 0.932. The van der Waals surface area contributed by atoms with E-state index in [0.29, 0.717) is 235 Å².